The minimum atomic E-state index is 0.765. The Hall–Kier alpha value is 0.0300. The van der Waals surface area contributed by atoms with Gasteiger partial charge >= 0.3 is 0 Å². The van der Waals surface area contributed by atoms with Gasteiger partial charge in [0, 0.05) is 5.54 Å². The molecule has 1 aliphatic carbocycles. The maximum atomic E-state index is 5.69. The highest BCUT2D eigenvalue weighted by atomic mass is 35.5. The summed E-state index contributed by atoms with van der Waals surface area (Å²) in [6.07, 6.45) is 5.52. The van der Waals surface area contributed by atoms with Crippen LogP contribution in [0, 0.1) is 11.8 Å². The highest BCUT2D eigenvalue weighted by Crippen LogP contribution is 2.34. The summed E-state index contributed by atoms with van der Waals surface area (Å²) in [5.41, 5.74) is 3.13. The zero-order chi connectivity index (χ0) is 8.27. The van der Waals surface area contributed by atoms with E-state index < -0.39 is 0 Å². The van der Waals surface area contributed by atoms with E-state index in [0.29, 0.717) is 0 Å². The molecule has 1 fully saturated rings. The molecule has 2 atom stereocenters. The lowest BCUT2D eigenvalue weighted by atomic mass is 9.77. The van der Waals surface area contributed by atoms with E-state index >= 15 is 0 Å². The summed E-state index contributed by atoms with van der Waals surface area (Å²) in [6, 6.07) is 0. The average molecular weight is 173 g/mol. The molecule has 1 aliphatic rings. The molecule has 0 aliphatic heterocycles. The molecular weight excluding hydrogens is 156 g/mol. The fraction of sp³-hybridized carbons (Fsp3) is 0.800. The first-order valence-corrected chi connectivity index (χ1v) is 4.96. The second-order valence-electron chi connectivity index (χ2n) is 3.72. The van der Waals surface area contributed by atoms with Crippen molar-refractivity contribution in [2.24, 2.45) is 11.8 Å². The van der Waals surface area contributed by atoms with Crippen molar-refractivity contribution in [3.8, 4) is 0 Å². The molecule has 64 valence electrons. The standard InChI is InChI=1S/C10H17Cl/c1-8-5-3-4-6-10(8)9(2)7-11/h7-8,10H,3-6H2,1-2H3/b9-7+. The lowest BCUT2D eigenvalue weighted by Gasteiger charge is -2.29. The number of hydrogen-bond acceptors (Lipinski definition) is 0. The number of rotatable bonds is 1. The zero-order valence-corrected chi connectivity index (χ0v) is 8.19. The number of hydrogen-bond donors (Lipinski definition) is 0. The quantitative estimate of drug-likeness (QED) is 0.562. The van der Waals surface area contributed by atoms with Crippen LogP contribution in [0.2, 0.25) is 0 Å². The van der Waals surface area contributed by atoms with Crippen LogP contribution < -0.4 is 0 Å². The van der Waals surface area contributed by atoms with Crippen LogP contribution in [0.25, 0.3) is 0 Å². The monoisotopic (exact) mass is 172 g/mol. The first kappa shape index (κ1) is 9.12. The number of halogens is 1. The minimum absolute atomic E-state index is 0.765. The molecular formula is C10H17Cl. The Morgan fingerprint density at radius 1 is 1.36 bits per heavy atom. The van der Waals surface area contributed by atoms with Crippen LogP contribution in [0.4, 0.5) is 0 Å². The Morgan fingerprint density at radius 3 is 2.55 bits per heavy atom. The van der Waals surface area contributed by atoms with Gasteiger partial charge in [-0.2, -0.15) is 0 Å². The third-order valence-corrected chi connectivity index (χ3v) is 3.21. The van der Waals surface area contributed by atoms with Crippen LogP contribution in [0.15, 0.2) is 11.1 Å². The molecule has 1 saturated carbocycles. The van der Waals surface area contributed by atoms with Gasteiger partial charge < -0.3 is 0 Å². The largest absolute Gasteiger partial charge is 0.0930 e. The van der Waals surface area contributed by atoms with E-state index in [4.69, 9.17) is 11.6 Å². The predicted molar refractivity (Wildman–Crippen MR) is 50.7 cm³/mol. The lowest BCUT2D eigenvalue weighted by Crippen LogP contribution is -2.17. The van der Waals surface area contributed by atoms with Gasteiger partial charge in [-0.3, -0.25) is 0 Å². The van der Waals surface area contributed by atoms with Crippen molar-refractivity contribution in [1.82, 2.24) is 0 Å². The predicted octanol–water partition coefficient (Wildman–Crippen LogP) is 3.96. The van der Waals surface area contributed by atoms with E-state index in [2.05, 4.69) is 13.8 Å². The second kappa shape index (κ2) is 4.15. The zero-order valence-electron chi connectivity index (χ0n) is 7.44. The van der Waals surface area contributed by atoms with E-state index in [1.165, 1.54) is 31.3 Å². The van der Waals surface area contributed by atoms with E-state index in [-0.39, 0.29) is 0 Å². The topological polar surface area (TPSA) is 0 Å². The Kier molecular flexibility index (Phi) is 3.45. The molecule has 0 aromatic rings. The molecule has 0 heterocycles. The minimum Gasteiger partial charge on any atom is -0.0930 e. The molecule has 1 heteroatoms. The summed E-state index contributed by atoms with van der Waals surface area (Å²) in [7, 11) is 0. The third kappa shape index (κ3) is 2.23. The van der Waals surface area contributed by atoms with E-state index in [1.807, 2.05) is 0 Å². The third-order valence-electron chi connectivity index (χ3n) is 2.87. The fourth-order valence-electron chi connectivity index (χ4n) is 2.07. The number of allylic oxidation sites excluding steroid dienone is 1. The van der Waals surface area contributed by atoms with Gasteiger partial charge in [0.25, 0.3) is 0 Å². The summed E-state index contributed by atoms with van der Waals surface area (Å²) in [6.45, 7) is 4.49. The van der Waals surface area contributed by atoms with Crippen LogP contribution in [0.5, 0.6) is 0 Å². The van der Waals surface area contributed by atoms with Crippen molar-refractivity contribution in [3.05, 3.63) is 11.1 Å². The maximum Gasteiger partial charge on any atom is 0.00345 e. The SMILES string of the molecule is C/C(=C\Cl)C1CCCCC1C. The highest BCUT2D eigenvalue weighted by Gasteiger charge is 2.21. The highest BCUT2D eigenvalue weighted by molar-refractivity contribution is 6.25. The average Bonchev–Trinajstić information content (AvgIpc) is 2.04. The van der Waals surface area contributed by atoms with Gasteiger partial charge in [-0.05, 0) is 25.2 Å². The lowest BCUT2D eigenvalue weighted by molar-refractivity contribution is 0.293. The van der Waals surface area contributed by atoms with Crippen LogP contribution in [-0.4, -0.2) is 0 Å². The summed E-state index contributed by atoms with van der Waals surface area (Å²) < 4.78 is 0. The van der Waals surface area contributed by atoms with Crippen LogP contribution in [-0.2, 0) is 0 Å². The van der Waals surface area contributed by atoms with E-state index in [1.54, 1.807) is 5.54 Å². The van der Waals surface area contributed by atoms with Gasteiger partial charge in [-0.1, -0.05) is 43.4 Å². The Bertz CT molecular complexity index is 149. The molecule has 0 saturated heterocycles. The summed E-state index contributed by atoms with van der Waals surface area (Å²) >= 11 is 5.69. The second-order valence-corrected chi connectivity index (χ2v) is 3.94. The summed E-state index contributed by atoms with van der Waals surface area (Å²) in [4.78, 5) is 0. The van der Waals surface area contributed by atoms with Crippen molar-refractivity contribution in [2.45, 2.75) is 39.5 Å². The molecule has 2 unspecified atom stereocenters. The Labute approximate surface area is 74.6 Å². The van der Waals surface area contributed by atoms with Crippen molar-refractivity contribution in [1.29, 1.82) is 0 Å². The van der Waals surface area contributed by atoms with Gasteiger partial charge in [0.1, 0.15) is 0 Å². The van der Waals surface area contributed by atoms with Crippen molar-refractivity contribution in [2.75, 3.05) is 0 Å². The van der Waals surface area contributed by atoms with Crippen LogP contribution >= 0.6 is 11.6 Å². The molecule has 0 N–H and O–H groups in total. The molecule has 0 bridgehead atoms. The van der Waals surface area contributed by atoms with Crippen molar-refractivity contribution in [3.63, 3.8) is 0 Å². The molecule has 0 aromatic carbocycles. The van der Waals surface area contributed by atoms with Gasteiger partial charge in [0.05, 0.1) is 0 Å². The van der Waals surface area contributed by atoms with Gasteiger partial charge in [0.15, 0.2) is 0 Å². The Balaban J connectivity index is 2.54. The van der Waals surface area contributed by atoms with E-state index in [9.17, 15) is 0 Å². The fourth-order valence-corrected chi connectivity index (χ4v) is 2.24. The van der Waals surface area contributed by atoms with Crippen LogP contribution in [0.3, 0.4) is 0 Å². The molecule has 0 amide bonds. The van der Waals surface area contributed by atoms with Gasteiger partial charge in [-0.15, -0.1) is 0 Å². The summed E-state index contributed by atoms with van der Waals surface area (Å²) in [5, 5.41) is 0. The van der Waals surface area contributed by atoms with Crippen molar-refractivity contribution < 1.29 is 0 Å². The first-order valence-electron chi connectivity index (χ1n) is 4.52. The molecule has 0 aromatic heterocycles. The normalized spacial score (nSPS) is 33.9. The van der Waals surface area contributed by atoms with Gasteiger partial charge in [-0.25, -0.2) is 0 Å². The van der Waals surface area contributed by atoms with E-state index in [0.717, 1.165) is 11.8 Å². The van der Waals surface area contributed by atoms with Crippen LogP contribution in [0.1, 0.15) is 39.5 Å². The van der Waals surface area contributed by atoms with Crippen molar-refractivity contribution >= 4 is 11.6 Å². The molecule has 1 rings (SSSR count). The van der Waals surface area contributed by atoms with Gasteiger partial charge in [0.2, 0.25) is 0 Å². The molecule has 0 radical (unpaired) electrons. The Morgan fingerprint density at radius 2 is 2.00 bits per heavy atom. The molecule has 0 spiro atoms. The maximum absolute atomic E-state index is 5.69. The molecule has 11 heavy (non-hydrogen) atoms. The first-order chi connectivity index (χ1) is 5.25. The molecule has 0 nitrogen and oxygen atoms in total. The summed E-state index contributed by atoms with van der Waals surface area (Å²) in [5.74, 6) is 1.61. The smallest absolute Gasteiger partial charge is 0.00345 e.